The smallest absolute Gasteiger partial charge is 0.401 e. The van der Waals surface area contributed by atoms with Gasteiger partial charge in [0.1, 0.15) is 0 Å². The van der Waals surface area contributed by atoms with Crippen LogP contribution in [0.4, 0.5) is 0 Å². The summed E-state index contributed by atoms with van der Waals surface area (Å²) in [5.41, 5.74) is 3.08. The molecule has 96 valence electrons. The number of rotatable bonds is 1. The monoisotopic (exact) mass is 263 g/mol. The molecule has 20 heavy (non-hydrogen) atoms. The summed E-state index contributed by atoms with van der Waals surface area (Å²) in [7, 11) is 0. The molecule has 4 nitrogen and oxygen atoms in total. The summed E-state index contributed by atoms with van der Waals surface area (Å²) in [4.78, 5) is 17.5. The van der Waals surface area contributed by atoms with E-state index in [1.165, 1.54) is 0 Å². The highest BCUT2D eigenvalue weighted by atomic mass is 16.4. The largest absolute Gasteiger partial charge is 0.473 e. The maximum atomic E-state index is 11.1. The van der Waals surface area contributed by atoms with Crippen LogP contribution in [-0.4, -0.2) is 16.1 Å². The molecule has 0 atom stereocenters. The Bertz CT molecular complexity index is 986. The molecule has 0 radical (unpaired) electrons. The second-order valence-electron chi connectivity index (χ2n) is 4.80. The van der Waals surface area contributed by atoms with Gasteiger partial charge in [-0.1, -0.05) is 18.2 Å². The first-order valence-electron chi connectivity index (χ1n) is 6.33. The van der Waals surface area contributed by atoms with Crippen LogP contribution in [0.5, 0.6) is 0 Å². The van der Waals surface area contributed by atoms with E-state index < -0.39 is 5.97 Å². The van der Waals surface area contributed by atoms with Crippen LogP contribution in [0, 0.1) is 0 Å². The van der Waals surface area contributed by atoms with Crippen molar-refractivity contribution in [2.45, 2.75) is 0 Å². The zero-order valence-corrected chi connectivity index (χ0v) is 10.5. The average molecular weight is 263 g/mol. The van der Waals surface area contributed by atoms with Gasteiger partial charge in [-0.25, -0.2) is 4.79 Å². The number of carboxylic acids is 1. The van der Waals surface area contributed by atoms with Crippen molar-refractivity contribution in [2.75, 3.05) is 0 Å². The number of fused-ring (bicyclic) bond motifs is 5. The molecule has 0 aliphatic carbocycles. The van der Waals surface area contributed by atoms with Crippen molar-refractivity contribution < 1.29 is 14.9 Å². The van der Waals surface area contributed by atoms with E-state index in [-0.39, 0.29) is 5.69 Å². The Morgan fingerprint density at radius 2 is 1.80 bits per heavy atom. The number of H-pyrrole nitrogens is 2. The first-order valence-corrected chi connectivity index (χ1v) is 6.33. The van der Waals surface area contributed by atoms with Crippen LogP contribution in [0.2, 0.25) is 0 Å². The Morgan fingerprint density at radius 1 is 1.00 bits per heavy atom. The highest BCUT2D eigenvalue weighted by Gasteiger charge is 2.17. The van der Waals surface area contributed by atoms with Gasteiger partial charge in [-0.05, 0) is 24.3 Å². The van der Waals surface area contributed by atoms with Gasteiger partial charge < -0.3 is 10.1 Å². The van der Waals surface area contributed by atoms with Crippen molar-refractivity contribution in [3.8, 4) is 0 Å². The molecule has 4 heteroatoms. The lowest BCUT2D eigenvalue weighted by Gasteiger charge is -1.96. The fourth-order valence-corrected chi connectivity index (χ4v) is 2.71. The SMILES string of the molecule is O=C(O)c1ccc2ccc3[nH]c4ccccc4c3c2[nH+]1. The van der Waals surface area contributed by atoms with Crippen molar-refractivity contribution >= 4 is 38.7 Å². The molecule has 4 aromatic rings. The molecule has 3 N–H and O–H groups in total. The Hall–Kier alpha value is -2.88. The predicted molar refractivity (Wildman–Crippen MR) is 76.8 cm³/mol. The van der Waals surface area contributed by atoms with Gasteiger partial charge in [-0.2, -0.15) is 4.98 Å². The Kier molecular flexibility index (Phi) is 2.09. The zero-order chi connectivity index (χ0) is 13.7. The maximum absolute atomic E-state index is 11.1. The summed E-state index contributed by atoms with van der Waals surface area (Å²) in [6.07, 6.45) is 0. The lowest BCUT2D eigenvalue weighted by molar-refractivity contribution is -0.349. The van der Waals surface area contributed by atoms with Gasteiger partial charge in [0, 0.05) is 22.4 Å². The third kappa shape index (κ3) is 1.42. The van der Waals surface area contributed by atoms with E-state index in [0.717, 1.165) is 32.7 Å². The van der Waals surface area contributed by atoms with Gasteiger partial charge in [0.2, 0.25) is 5.52 Å². The minimum absolute atomic E-state index is 0.190. The van der Waals surface area contributed by atoms with Gasteiger partial charge in [0.25, 0.3) is 5.69 Å². The van der Waals surface area contributed by atoms with E-state index in [2.05, 4.69) is 9.97 Å². The van der Waals surface area contributed by atoms with Crippen LogP contribution in [-0.2, 0) is 0 Å². The number of aromatic nitrogens is 2. The molecule has 0 saturated heterocycles. The number of hydrogen-bond donors (Lipinski definition) is 2. The van der Waals surface area contributed by atoms with E-state index in [0.29, 0.717) is 0 Å². The lowest BCUT2D eigenvalue weighted by atomic mass is 10.1. The fourth-order valence-electron chi connectivity index (χ4n) is 2.71. The highest BCUT2D eigenvalue weighted by Crippen LogP contribution is 2.29. The normalized spacial score (nSPS) is 11.4. The second-order valence-corrected chi connectivity index (χ2v) is 4.80. The van der Waals surface area contributed by atoms with Crippen molar-refractivity contribution in [3.63, 3.8) is 0 Å². The minimum Gasteiger partial charge on any atom is -0.473 e. The number of aromatic carboxylic acids is 1. The van der Waals surface area contributed by atoms with Gasteiger partial charge in [0.05, 0.1) is 10.9 Å². The number of nitrogens with one attached hydrogen (secondary N) is 2. The second kappa shape index (κ2) is 3.81. The van der Waals surface area contributed by atoms with Crippen LogP contribution >= 0.6 is 0 Å². The van der Waals surface area contributed by atoms with Crippen molar-refractivity contribution in [1.82, 2.24) is 4.98 Å². The first-order chi connectivity index (χ1) is 9.74. The average Bonchev–Trinajstić information content (AvgIpc) is 2.85. The standard InChI is InChI=1S/C16H10N2O2/c19-16(20)13-8-6-9-5-7-12-14(15(9)18-13)10-3-1-2-4-11(10)17-12/h1-8,17H,(H,19,20)/p+1. The summed E-state index contributed by atoms with van der Waals surface area (Å²) >= 11 is 0. The summed E-state index contributed by atoms with van der Waals surface area (Å²) in [6, 6.07) is 15.4. The molecular weight excluding hydrogens is 252 g/mol. The van der Waals surface area contributed by atoms with E-state index in [9.17, 15) is 4.79 Å². The van der Waals surface area contributed by atoms with Gasteiger partial charge in [-0.15, -0.1) is 0 Å². The van der Waals surface area contributed by atoms with Crippen LogP contribution in [0.1, 0.15) is 10.5 Å². The summed E-state index contributed by atoms with van der Waals surface area (Å²) in [5, 5.41) is 12.3. The molecule has 4 rings (SSSR count). The first kappa shape index (κ1) is 11.0. The molecule has 0 fully saturated rings. The Balaban J connectivity index is 2.25. The van der Waals surface area contributed by atoms with E-state index in [4.69, 9.17) is 5.11 Å². The van der Waals surface area contributed by atoms with Gasteiger partial charge >= 0.3 is 5.97 Å². The number of carbonyl (C=O) groups is 1. The van der Waals surface area contributed by atoms with Crippen LogP contribution in [0.25, 0.3) is 32.7 Å². The van der Waals surface area contributed by atoms with Crippen molar-refractivity contribution in [2.24, 2.45) is 0 Å². The van der Waals surface area contributed by atoms with Crippen LogP contribution in [0.3, 0.4) is 0 Å². The van der Waals surface area contributed by atoms with Crippen LogP contribution in [0.15, 0.2) is 48.5 Å². The van der Waals surface area contributed by atoms with Crippen molar-refractivity contribution in [3.05, 3.63) is 54.2 Å². The highest BCUT2D eigenvalue weighted by molar-refractivity contribution is 6.17. The zero-order valence-electron chi connectivity index (χ0n) is 10.5. The van der Waals surface area contributed by atoms with E-state index in [1.54, 1.807) is 6.07 Å². The minimum atomic E-state index is -0.955. The number of pyridine rings is 1. The van der Waals surface area contributed by atoms with E-state index in [1.807, 2.05) is 42.5 Å². The number of aromatic amines is 2. The van der Waals surface area contributed by atoms with Gasteiger partial charge in [-0.3, -0.25) is 0 Å². The molecule has 0 amide bonds. The third-order valence-electron chi connectivity index (χ3n) is 3.62. The Morgan fingerprint density at radius 3 is 2.65 bits per heavy atom. The molecule has 2 aromatic carbocycles. The number of benzene rings is 2. The molecule has 0 aliphatic rings. The summed E-state index contributed by atoms with van der Waals surface area (Å²) in [6.45, 7) is 0. The quantitative estimate of drug-likeness (QED) is 0.554. The number of hydrogen-bond acceptors (Lipinski definition) is 1. The molecule has 0 saturated carbocycles. The number of carboxylic acid groups (broad SMARTS) is 1. The molecular formula is C16H11N2O2+. The lowest BCUT2D eigenvalue weighted by Crippen LogP contribution is -2.17. The Labute approximate surface area is 113 Å². The topological polar surface area (TPSA) is 67.2 Å². The van der Waals surface area contributed by atoms with E-state index >= 15 is 0 Å². The van der Waals surface area contributed by atoms with Gasteiger partial charge in [0.15, 0.2) is 0 Å². The maximum Gasteiger partial charge on any atom is 0.401 e. The molecule has 2 heterocycles. The molecule has 2 aromatic heterocycles. The summed E-state index contributed by atoms with van der Waals surface area (Å²) < 4.78 is 0. The predicted octanol–water partition coefficient (Wildman–Crippen LogP) is 2.99. The molecule has 0 aliphatic heterocycles. The third-order valence-corrected chi connectivity index (χ3v) is 3.62. The molecule has 0 spiro atoms. The van der Waals surface area contributed by atoms with Crippen LogP contribution < -0.4 is 4.98 Å². The fraction of sp³-hybridized carbons (Fsp3) is 0. The summed E-state index contributed by atoms with van der Waals surface area (Å²) in [5.74, 6) is -0.955. The van der Waals surface area contributed by atoms with Crippen molar-refractivity contribution in [1.29, 1.82) is 0 Å². The molecule has 0 unspecified atom stereocenters. The molecule has 0 bridgehead atoms. The number of para-hydroxylation sites is 1.